The number of nitrogens with one attached hydrogen (secondary N) is 1. The molecule has 0 spiro atoms. The molecule has 0 saturated carbocycles. The van der Waals surface area contributed by atoms with E-state index in [1.54, 1.807) is 0 Å². The van der Waals surface area contributed by atoms with Gasteiger partial charge in [-0.1, -0.05) is 11.6 Å². The van der Waals surface area contributed by atoms with Crippen LogP contribution in [-0.4, -0.2) is 10.2 Å². The minimum Gasteiger partial charge on any atom is -0.278 e. The van der Waals surface area contributed by atoms with Gasteiger partial charge in [0.05, 0.1) is 11.7 Å². The Morgan fingerprint density at radius 1 is 1.36 bits per heavy atom. The second-order valence-electron chi connectivity index (χ2n) is 2.92. The Morgan fingerprint density at radius 3 is 3.00 bits per heavy atom. The third-order valence-electron chi connectivity index (χ3n) is 1.89. The fraction of sp³-hybridized carbons (Fsp3) is 0.222. The molecule has 1 aromatic heterocycles. The zero-order valence-corrected chi connectivity index (χ0v) is 6.68. The van der Waals surface area contributed by atoms with Gasteiger partial charge in [0.15, 0.2) is 0 Å². The molecule has 0 amide bonds. The number of rotatable bonds is 0. The molecule has 0 aliphatic carbocycles. The maximum Gasteiger partial charge on any atom is 0.0679 e. The van der Waals surface area contributed by atoms with Crippen molar-refractivity contribution in [3.8, 4) is 0 Å². The zero-order valence-electron chi connectivity index (χ0n) is 6.68. The number of aromatic nitrogens is 2. The number of hydrogen-bond acceptors (Lipinski definition) is 1. The molecule has 0 bridgehead atoms. The van der Waals surface area contributed by atoms with Crippen molar-refractivity contribution < 1.29 is 1.43 Å². The van der Waals surface area contributed by atoms with Crippen LogP contribution in [0.4, 0.5) is 0 Å². The van der Waals surface area contributed by atoms with E-state index in [4.69, 9.17) is 0 Å². The second kappa shape index (κ2) is 2.09. The lowest BCUT2D eigenvalue weighted by Gasteiger charge is -1.96. The van der Waals surface area contributed by atoms with Crippen molar-refractivity contribution in [2.24, 2.45) is 0 Å². The molecule has 2 nitrogen and oxygen atoms in total. The maximum atomic E-state index is 3.98. The number of hydrogen-bond donors (Lipinski definition) is 1. The predicted molar refractivity (Wildman–Crippen MR) is 47.7 cm³/mol. The minimum absolute atomic E-state index is 0. The van der Waals surface area contributed by atoms with Crippen LogP contribution in [0.2, 0.25) is 0 Å². The third-order valence-corrected chi connectivity index (χ3v) is 1.89. The van der Waals surface area contributed by atoms with Gasteiger partial charge < -0.3 is 0 Å². The topological polar surface area (TPSA) is 28.7 Å². The van der Waals surface area contributed by atoms with Gasteiger partial charge in [0.2, 0.25) is 0 Å². The van der Waals surface area contributed by atoms with Gasteiger partial charge in [-0.15, -0.1) is 0 Å². The monoisotopic (exact) mass is 148 g/mol. The molecule has 1 aromatic carbocycles. The smallest absolute Gasteiger partial charge is 0.0679 e. The van der Waals surface area contributed by atoms with Gasteiger partial charge in [-0.3, -0.25) is 5.10 Å². The van der Waals surface area contributed by atoms with E-state index in [-0.39, 0.29) is 1.43 Å². The van der Waals surface area contributed by atoms with E-state index < -0.39 is 0 Å². The quantitative estimate of drug-likeness (QED) is 0.610. The second-order valence-corrected chi connectivity index (χ2v) is 2.92. The van der Waals surface area contributed by atoms with Crippen LogP contribution in [0.15, 0.2) is 18.3 Å². The number of benzene rings is 1. The van der Waals surface area contributed by atoms with Crippen molar-refractivity contribution in [2.45, 2.75) is 13.8 Å². The SMILES string of the molecule is Cc1cc(C)c2[nH]ncc2c1.[HH]. The molecule has 1 heterocycles. The molecule has 0 unspecified atom stereocenters. The van der Waals surface area contributed by atoms with Gasteiger partial charge in [0.1, 0.15) is 0 Å². The fourth-order valence-electron chi connectivity index (χ4n) is 1.42. The first-order valence-electron chi connectivity index (χ1n) is 3.68. The molecule has 0 radical (unpaired) electrons. The van der Waals surface area contributed by atoms with Gasteiger partial charge in [-0.25, -0.2) is 0 Å². The van der Waals surface area contributed by atoms with E-state index in [1.807, 2.05) is 6.20 Å². The van der Waals surface area contributed by atoms with Crippen molar-refractivity contribution in [3.05, 3.63) is 29.5 Å². The number of aromatic amines is 1. The van der Waals surface area contributed by atoms with Crippen LogP contribution in [0.1, 0.15) is 12.6 Å². The van der Waals surface area contributed by atoms with Gasteiger partial charge >= 0.3 is 0 Å². The first-order valence-corrected chi connectivity index (χ1v) is 3.68. The van der Waals surface area contributed by atoms with Gasteiger partial charge in [0, 0.05) is 6.81 Å². The summed E-state index contributed by atoms with van der Waals surface area (Å²) < 4.78 is 0. The Labute approximate surface area is 66.7 Å². The number of aryl methyl sites for hydroxylation is 2. The van der Waals surface area contributed by atoms with Crippen LogP contribution in [0, 0.1) is 13.8 Å². The lowest BCUT2D eigenvalue weighted by molar-refractivity contribution is 1.11. The van der Waals surface area contributed by atoms with Crippen molar-refractivity contribution in [2.75, 3.05) is 0 Å². The molecule has 0 saturated heterocycles. The summed E-state index contributed by atoms with van der Waals surface area (Å²) >= 11 is 0. The molecule has 0 fully saturated rings. The van der Waals surface area contributed by atoms with E-state index in [0.717, 1.165) is 5.52 Å². The molecule has 11 heavy (non-hydrogen) atoms. The Morgan fingerprint density at radius 2 is 2.18 bits per heavy atom. The molecule has 2 rings (SSSR count). The molecule has 0 aliphatic rings. The van der Waals surface area contributed by atoms with Crippen molar-refractivity contribution in [3.63, 3.8) is 0 Å². The van der Waals surface area contributed by atoms with E-state index in [9.17, 15) is 0 Å². The third kappa shape index (κ3) is 0.909. The van der Waals surface area contributed by atoms with Crippen LogP contribution < -0.4 is 0 Å². The Kier molecular flexibility index (Phi) is 1.22. The summed E-state index contributed by atoms with van der Waals surface area (Å²) in [5.41, 5.74) is 3.70. The van der Waals surface area contributed by atoms with E-state index in [0.29, 0.717) is 0 Å². The largest absolute Gasteiger partial charge is 0.278 e. The lowest BCUT2D eigenvalue weighted by Crippen LogP contribution is -1.78. The lowest BCUT2D eigenvalue weighted by atomic mass is 10.1. The highest BCUT2D eigenvalue weighted by Gasteiger charge is 1.98. The summed E-state index contributed by atoms with van der Waals surface area (Å²) in [6.45, 7) is 4.19. The van der Waals surface area contributed by atoms with Crippen LogP contribution in [0.25, 0.3) is 10.9 Å². The average molecular weight is 148 g/mol. The Bertz CT molecular complexity index is 392. The van der Waals surface area contributed by atoms with Crippen LogP contribution in [0.3, 0.4) is 0 Å². The molecule has 2 heteroatoms. The Hall–Kier alpha value is -1.31. The standard InChI is InChI=1S/C9H10N2.H2/c1-6-3-7(2)9-8(4-6)5-10-11-9;/h3-5H,1-2H3,(H,10,11);1H. The van der Waals surface area contributed by atoms with Gasteiger partial charge in [-0.05, 0) is 25.5 Å². The molecule has 0 aliphatic heterocycles. The molecule has 58 valence electrons. The van der Waals surface area contributed by atoms with Crippen molar-refractivity contribution in [1.29, 1.82) is 0 Å². The highest BCUT2D eigenvalue weighted by atomic mass is 15.1. The molecule has 1 N–H and O–H groups in total. The summed E-state index contributed by atoms with van der Waals surface area (Å²) in [5, 5.41) is 8.14. The highest BCUT2D eigenvalue weighted by Crippen LogP contribution is 2.16. The molecular weight excluding hydrogens is 136 g/mol. The normalized spacial score (nSPS) is 10.7. The molecule has 0 atom stereocenters. The summed E-state index contributed by atoms with van der Waals surface area (Å²) in [4.78, 5) is 0. The molecular formula is C9H12N2. The van der Waals surface area contributed by atoms with Crippen LogP contribution >= 0.6 is 0 Å². The zero-order chi connectivity index (χ0) is 7.84. The van der Waals surface area contributed by atoms with Gasteiger partial charge in [-0.2, -0.15) is 5.10 Å². The number of fused-ring (bicyclic) bond motifs is 1. The fourth-order valence-corrected chi connectivity index (χ4v) is 1.42. The maximum absolute atomic E-state index is 3.98. The van der Waals surface area contributed by atoms with Crippen LogP contribution in [0.5, 0.6) is 0 Å². The summed E-state index contributed by atoms with van der Waals surface area (Å²) in [7, 11) is 0. The van der Waals surface area contributed by atoms with E-state index >= 15 is 0 Å². The highest BCUT2D eigenvalue weighted by molar-refractivity contribution is 5.81. The Balaban J connectivity index is 0.000000720. The number of H-pyrrole nitrogens is 1. The first-order chi connectivity index (χ1) is 5.27. The van der Waals surface area contributed by atoms with E-state index in [1.165, 1.54) is 16.5 Å². The number of nitrogens with zero attached hydrogens (tertiary/aromatic N) is 1. The van der Waals surface area contributed by atoms with Gasteiger partial charge in [0.25, 0.3) is 0 Å². The van der Waals surface area contributed by atoms with Crippen molar-refractivity contribution >= 4 is 10.9 Å². The summed E-state index contributed by atoms with van der Waals surface area (Å²) in [5.74, 6) is 0. The molecule has 2 aromatic rings. The minimum atomic E-state index is 0. The van der Waals surface area contributed by atoms with E-state index in [2.05, 4.69) is 36.2 Å². The first kappa shape index (κ1) is 6.40. The van der Waals surface area contributed by atoms with Crippen LogP contribution in [-0.2, 0) is 0 Å². The predicted octanol–water partition coefficient (Wildman–Crippen LogP) is 2.43. The van der Waals surface area contributed by atoms with Crippen molar-refractivity contribution in [1.82, 2.24) is 10.2 Å². The average Bonchev–Trinajstić information content (AvgIpc) is 2.34. The summed E-state index contributed by atoms with van der Waals surface area (Å²) in [6, 6.07) is 4.28. The summed E-state index contributed by atoms with van der Waals surface area (Å²) in [6.07, 6.45) is 1.86.